The monoisotopic (exact) mass is 313 g/mol. The lowest BCUT2D eigenvalue weighted by molar-refractivity contribution is 0.612. The fourth-order valence-electron chi connectivity index (χ4n) is 1.46. The van der Waals surface area contributed by atoms with Crippen molar-refractivity contribution in [2.75, 3.05) is 5.32 Å². The molecule has 2 aromatic rings. The van der Waals surface area contributed by atoms with E-state index in [1.165, 1.54) is 6.07 Å². The van der Waals surface area contributed by atoms with Crippen molar-refractivity contribution in [3.8, 4) is 0 Å². The fourth-order valence-corrected chi connectivity index (χ4v) is 1.98. The second kappa shape index (κ2) is 5.52. The van der Waals surface area contributed by atoms with Crippen LogP contribution in [0.2, 0.25) is 5.02 Å². The summed E-state index contributed by atoms with van der Waals surface area (Å²) in [5.74, 6) is -0.228. The third-order valence-electron chi connectivity index (χ3n) is 2.32. The highest BCUT2D eigenvalue weighted by Crippen LogP contribution is 2.18. The minimum absolute atomic E-state index is 0.228. The van der Waals surface area contributed by atoms with E-state index in [0.717, 1.165) is 10.2 Å². The van der Waals surface area contributed by atoms with Crippen LogP contribution in [-0.4, -0.2) is 0 Å². The Balaban J connectivity index is 2.07. The van der Waals surface area contributed by atoms with Gasteiger partial charge in [0.2, 0.25) is 0 Å². The number of benzene rings is 2. The molecule has 1 nitrogen and oxygen atoms in total. The van der Waals surface area contributed by atoms with E-state index in [9.17, 15) is 4.39 Å². The number of halogens is 3. The highest BCUT2D eigenvalue weighted by atomic mass is 79.9. The van der Waals surface area contributed by atoms with Gasteiger partial charge in [0, 0.05) is 27.3 Å². The van der Waals surface area contributed by atoms with Gasteiger partial charge in [0.15, 0.2) is 0 Å². The SMILES string of the molecule is Fc1cc(Br)ccc1CNc1cccc(Cl)c1. The summed E-state index contributed by atoms with van der Waals surface area (Å²) in [6, 6.07) is 12.4. The van der Waals surface area contributed by atoms with Crippen LogP contribution >= 0.6 is 27.5 Å². The van der Waals surface area contributed by atoms with Crippen LogP contribution in [0.4, 0.5) is 10.1 Å². The van der Waals surface area contributed by atoms with Crippen molar-refractivity contribution in [2.24, 2.45) is 0 Å². The van der Waals surface area contributed by atoms with Crippen LogP contribution in [0.1, 0.15) is 5.56 Å². The fraction of sp³-hybridized carbons (Fsp3) is 0.0769. The summed E-state index contributed by atoms with van der Waals surface area (Å²) >= 11 is 9.08. The maximum Gasteiger partial charge on any atom is 0.129 e. The summed E-state index contributed by atoms with van der Waals surface area (Å²) in [6.07, 6.45) is 0. The molecule has 2 rings (SSSR count). The zero-order valence-corrected chi connectivity index (χ0v) is 11.2. The van der Waals surface area contributed by atoms with Crippen molar-refractivity contribution in [2.45, 2.75) is 6.54 Å². The van der Waals surface area contributed by atoms with Gasteiger partial charge in [-0.15, -0.1) is 0 Å². The van der Waals surface area contributed by atoms with Crippen molar-refractivity contribution in [1.82, 2.24) is 0 Å². The Hall–Kier alpha value is -1.06. The Labute approximate surface area is 113 Å². The molecular weight excluding hydrogens is 305 g/mol. The second-order valence-corrected chi connectivity index (χ2v) is 4.95. The zero-order valence-electron chi connectivity index (χ0n) is 8.88. The molecule has 0 aliphatic rings. The Kier molecular flexibility index (Phi) is 4.02. The lowest BCUT2D eigenvalue weighted by Crippen LogP contribution is -2.01. The van der Waals surface area contributed by atoms with Crippen molar-refractivity contribution in [3.63, 3.8) is 0 Å². The molecular formula is C13H10BrClFN. The summed E-state index contributed by atoms with van der Waals surface area (Å²) in [5, 5.41) is 3.78. The zero-order chi connectivity index (χ0) is 12.3. The smallest absolute Gasteiger partial charge is 0.129 e. The molecule has 0 aliphatic carbocycles. The molecule has 0 bridgehead atoms. The van der Waals surface area contributed by atoms with Crippen molar-refractivity contribution in [3.05, 3.63) is 63.3 Å². The van der Waals surface area contributed by atoms with Crippen molar-refractivity contribution >= 4 is 33.2 Å². The number of rotatable bonds is 3. The molecule has 0 radical (unpaired) electrons. The molecule has 17 heavy (non-hydrogen) atoms. The third-order valence-corrected chi connectivity index (χ3v) is 3.05. The first-order valence-electron chi connectivity index (χ1n) is 5.08. The van der Waals surface area contributed by atoms with Gasteiger partial charge < -0.3 is 5.32 Å². The van der Waals surface area contributed by atoms with Crippen molar-refractivity contribution < 1.29 is 4.39 Å². The van der Waals surface area contributed by atoms with Crippen LogP contribution in [0.5, 0.6) is 0 Å². The molecule has 0 spiro atoms. The predicted molar refractivity (Wildman–Crippen MR) is 72.9 cm³/mol. The summed E-state index contributed by atoms with van der Waals surface area (Å²) in [5.41, 5.74) is 1.49. The first-order chi connectivity index (χ1) is 8.15. The molecule has 0 saturated carbocycles. The van der Waals surface area contributed by atoms with Gasteiger partial charge in [-0.05, 0) is 30.3 Å². The van der Waals surface area contributed by atoms with Gasteiger partial charge in [-0.3, -0.25) is 0 Å². The maximum absolute atomic E-state index is 13.5. The van der Waals surface area contributed by atoms with E-state index in [1.807, 2.05) is 18.2 Å². The van der Waals surface area contributed by atoms with Crippen LogP contribution in [-0.2, 0) is 6.54 Å². The van der Waals surface area contributed by atoms with Crippen LogP contribution < -0.4 is 5.32 Å². The van der Waals surface area contributed by atoms with E-state index < -0.39 is 0 Å². The standard InChI is InChI=1S/C13H10BrClFN/c14-10-5-4-9(13(16)6-10)8-17-12-3-1-2-11(15)7-12/h1-7,17H,8H2. The van der Waals surface area contributed by atoms with Gasteiger partial charge in [-0.25, -0.2) is 4.39 Å². The summed E-state index contributed by atoms with van der Waals surface area (Å²) < 4.78 is 14.3. The normalized spacial score (nSPS) is 10.3. The molecule has 0 amide bonds. The Morgan fingerprint density at radius 2 is 2.00 bits per heavy atom. The maximum atomic E-state index is 13.5. The Morgan fingerprint density at radius 1 is 1.18 bits per heavy atom. The first kappa shape index (κ1) is 12.4. The third kappa shape index (κ3) is 3.45. The molecule has 0 heterocycles. The van der Waals surface area contributed by atoms with Crippen LogP contribution in [0.15, 0.2) is 46.9 Å². The molecule has 0 aromatic heterocycles. The van der Waals surface area contributed by atoms with E-state index in [4.69, 9.17) is 11.6 Å². The van der Waals surface area contributed by atoms with E-state index in [0.29, 0.717) is 17.1 Å². The van der Waals surface area contributed by atoms with Gasteiger partial charge >= 0.3 is 0 Å². The molecule has 0 aliphatic heterocycles. The highest BCUT2D eigenvalue weighted by molar-refractivity contribution is 9.10. The number of hydrogen-bond donors (Lipinski definition) is 1. The van der Waals surface area contributed by atoms with Gasteiger partial charge in [0.25, 0.3) is 0 Å². The Bertz CT molecular complexity index is 531. The van der Waals surface area contributed by atoms with Gasteiger partial charge in [0.05, 0.1) is 0 Å². The summed E-state index contributed by atoms with van der Waals surface area (Å²) in [7, 11) is 0. The lowest BCUT2D eigenvalue weighted by atomic mass is 10.2. The molecule has 1 N–H and O–H groups in total. The molecule has 0 atom stereocenters. The molecule has 88 valence electrons. The minimum Gasteiger partial charge on any atom is -0.381 e. The summed E-state index contributed by atoms with van der Waals surface area (Å²) in [4.78, 5) is 0. The van der Waals surface area contributed by atoms with E-state index in [2.05, 4.69) is 21.2 Å². The largest absolute Gasteiger partial charge is 0.381 e. The molecule has 4 heteroatoms. The van der Waals surface area contributed by atoms with E-state index in [-0.39, 0.29) is 5.82 Å². The summed E-state index contributed by atoms with van der Waals surface area (Å²) in [6.45, 7) is 0.430. The topological polar surface area (TPSA) is 12.0 Å². The average Bonchev–Trinajstić information content (AvgIpc) is 2.28. The predicted octanol–water partition coefficient (Wildman–Crippen LogP) is 4.85. The molecule has 0 saturated heterocycles. The lowest BCUT2D eigenvalue weighted by Gasteiger charge is -2.08. The van der Waals surface area contributed by atoms with E-state index in [1.54, 1.807) is 18.2 Å². The van der Waals surface area contributed by atoms with Gasteiger partial charge in [0.1, 0.15) is 5.82 Å². The molecule has 0 fully saturated rings. The molecule has 0 unspecified atom stereocenters. The van der Waals surface area contributed by atoms with Crippen molar-refractivity contribution in [1.29, 1.82) is 0 Å². The van der Waals surface area contributed by atoms with Gasteiger partial charge in [-0.2, -0.15) is 0 Å². The van der Waals surface area contributed by atoms with Crippen LogP contribution in [0.25, 0.3) is 0 Å². The highest BCUT2D eigenvalue weighted by Gasteiger charge is 2.02. The minimum atomic E-state index is -0.228. The average molecular weight is 315 g/mol. The molecule has 2 aromatic carbocycles. The first-order valence-corrected chi connectivity index (χ1v) is 6.25. The quantitative estimate of drug-likeness (QED) is 0.853. The number of hydrogen-bond acceptors (Lipinski definition) is 1. The second-order valence-electron chi connectivity index (χ2n) is 3.60. The van der Waals surface area contributed by atoms with E-state index >= 15 is 0 Å². The van der Waals surface area contributed by atoms with Gasteiger partial charge in [-0.1, -0.05) is 39.7 Å². The van der Waals surface area contributed by atoms with Crippen LogP contribution in [0.3, 0.4) is 0 Å². The number of anilines is 1. The number of nitrogens with one attached hydrogen (secondary N) is 1. The Morgan fingerprint density at radius 3 is 2.71 bits per heavy atom. The van der Waals surface area contributed by atoms with Crippen LogP contribution in [0, 0.1) is 5.82 Å².